The van der Waals surface area contributed by atoms with Crippen LogP contribution in [0.5, 0.6) is 0 Å². The van der Waals surface area contributed by atoms with Crippen molar-refractivity contribution in [2.75, 3.05) is 13.2 Å². The van der Waals surface area contributed by atoms with Crippen molar-refractivity contribution in [1.29, 1.82) is 0 Å². The van der Waals surface area contributed by atoms with E-state index in [4.69, 9.17) is 5.11 Å². The summed E-state index contributed by atoms with van der Waals surface area (Å²) in [7, 11) is -3.23. The third kappa shape index (κ3) is 10.5. The normalized spacial score (nSPS) is 15.6. The zero-order valence-corrected chi connectivity index (χ0v) is 14.7. The Bertz CT molecular complexity index is 462. The Morgan fingerprint density at radius 2 is 1.96 bits per heavy atom. The third-order valence-electron chi connectivity index (χ3n) is 3.29. The van der Waals surface area contributed by atoms with Crippen LogP contribution in [0.3, 0.4) is 0 Å². The molecule has 0 bridgehead atoms. The molecule has 0 aromatic rings. The molecule has 23 heavy (non-hydrogen) atoms. The second-order valence-corrected chi connectivity index (χ2v) is 7.92. The molecular weight excluding hydrogens is 320 g/mol. The van der Waals surface area contributed by atoms with Crippen molar-refractivity contribution in [3.63, 3.8) is 0 Å². The molecule has 0 amide bonds. The smallest absolute Gasteiger partial charge is 0.213 e. The van der Waals surface area contributed by atoms with Crippen molar-refractivity contribution < 1.29 is 23.7 Å². The lowest BCUT2D eigenvalue weighted by molar-refractivity contribution is 0.117. The van der Waals surface area contributed by atoms with Gasteiger partial charge in [-0.2, -0.15) is 0 Å². The maximum atomic E-state index is 11.5. The molecule has 2 atom stereocenters. The number of aliphatic hydroxyl groups is 3. The van der Waals surface area contributed by atoms with Gasteiger partial charge in [-0.05, 0) is 45.6 Å². The molecule has 0 aliphatic heterocycles. The fourth-order valence-electron chi connectivity index (χ4n) is 1.73. The van der Waals surface area contributed by atoms with Crippen LogP contribution in [0.2, 0.25) is 0 Å². The highest BCUT2D eigenvalue weighted by atomic mass is 32.2. The van der Waals surface area contributed by atoms with Crippen LogP contribution in [0.25, 0.3) is 0 Å². The lowest BCUT2D eigenvalue weighted by atomic mass is 10.1. The number of unbranched alkanes of at least 4 members (excludes halogenated alkanes) is 1. The van der Waals surface area contributed by atoms with Gasteiger partial charge in [-0.3, -0.25) is 5.32 Å². The molecule has 7 nitrogen and oxygen atoms in total. The monoisotopic (exact) mass is 350 g/mol. The number of nitrogens with one attached hydrogen (secondary N) is 2. The number of aliphatic hydroxyl groups excluding tert-OH is 3. The molecule has 0 spiro atoms. The number of sulfonamides is 1. The van der Waals surface area contributed by atoms with E-state index in [9.17, 15) is 18.6 Å². The van der Waals surface area contributed by atoms with Crippen molar-refractivity contribution in [3.05, 3.63) is 24.5 Å². The van der Waals surface area contributed by atoms with E-state index >= 15 is 0 Å². The lowest BCUT2D eigenvalue weighted by Crippen LogP contribution is -2.37. The Morgan fingerprint density at radius 3 is 2.48 bits per heavy atom. The zero-order valence-electron chi connectivity index (χ0n) is 13.9. The van der Waals surface area contributed by atoms with E-state index in [1.807, 2.05) is 0 Å². The predicted octanol–water partition coefficient (Wildman–Crippen LogP) is 0.771. The summed E-state index contributed by atoms with van der Waals surface area (Å²) in [6.45, 7) is 6.82. The van der Waals surface area contributed by atoms with Crippen LogP contribution < -0.4 is 10.0 Å². The Balaban J connectivity index is 3.97. The molecule has 0 fully saturated rings. The van der Waals surface area contributed by atoms with Crippen molar-refractivity contribution in [2.45, 2.75) is 57.1 Å². The number of hydrogen-bond donors (Lipinski definition) is 5. The average Bonchev–Trinajstić information content (AvgIpc) is 2.50. The minimum Gasteiger partial charge on any atom is -0.510 e. The fourth-order valence-corrected chi connectivity index (χ4v) is 2.50. The van der Waals surface area contributed by atoms with Crippen LogP contribution in [0, 0.1) is 0 Å². The van der Waals surface area contributed by atoms with Gasteiger partial charge in [0.05, 0.1) is 11.9 Å². The van der Waals surface area contributed by atoms with Crippen molar-refractivity contribution in [3.8, 4) is 0 Å². The predicted molar refractivity (Wildman–Crippen MR) is 91.5 cm³/mol. The van der Waals surface area contributed by atoms with Crippen LogP contribution in [0.1, 0.15) is 39.5 Å². The van der Waals surface area contributed by atoms with E-state index < -0.39 is 28.1 Å². The summed E-state index contributed by atoms with van der Waals surface area (Å²) in [5, 5.41) is 30.2. The molecule has 0 saturated heterocycles. The largest absolute Gasteiger partial charge is 0.510 e. The van der Waals surface area contributed by atoms with Gasteiger partial charge in [-0.25, -0.2) is 13.1 Å². The molecule has 5 N–H and O–H groups in total. The van der Waals surface area contributed by atoms with Gasteiger partial charge in [0.2, 0.25) is 10.0 Å². The van der Waals surface area contributed by atoms with Gasteiger partial charge in [0.1, 0.15) is 12.0 Å². The van der Waals surface area contributed by atoms with Crippen LogP contribution in [-0.4, -0.2) is 54.4 Å². The average molecular weight is 350 g/mol. The van der Waals surface area contributed by atoms with Crippen molar-refractivity contribution in [1.82, 2.24) is 10.0 Å². The molecule has 0 aromatic heterocycles. The Morgan fingerprint density at radius 1 is 1.30 bits per heavy atom. The number of hydrogen-bond acceptors (Lipinski definition) is 6. The summed E-state index contributed by atoms with van der Waals surface area (Å²) in [5.41, 5.74) is 0. The van der Waals surface area contributed by atoms with Gasteiger partial charge in [-0.1, -0.05) is 6.08 Å². The maximum Gasteiger partial charge on any atom is 0.213 e. The summed E-state index contributed by atoms with van der Waals surface area (Å²) in [6.07, 6.45) is 4.51. The summed E-state index contributed by atoms with van der Waals surface area (Å²) in [5.74, 6) is -0.120. The summed E-state index contributed by atoms with van der Waals surface area (Å²) in [4.78, 5) is 0. The van der Waals surface area contributed by atoms with E-state index in [2.05, 4.69) is 16.6 Å². The Kier molecular flexibility index (Phi) is 11.1. The van der Waals surface area contributed by atoms with Gasteiger partial charge in [0.15, 0.2) is 0 Å². The third-order valence-corrected chi connectivity index (χ3v) is 5.14. The molecule has 0 aliphatic rings. The highest BCUT2D eigenvalue weighted by Crippen LogP contribution is 2.04. The summed E-state index contributed by atoms with van der Waals surface area (Å²) < 4.78 is 25.6. The minimum atomic E-state index is -3.23. The highest BCUT2D eigenvalue weighted by molar-refractivity contribution is 7.90. The van der Waals surface area contributed by atoms with Gasteiger partial charge in [0.25, 0.3) is 0 Å². The van der Waals surface area contributed by atoms with Crippen LogP contribution >= 0.6 is 0 Å². The van der Waals surface area contributed by atoms with Crippen molar-refractivity contribution >= 4 is 10.0 Å². The van der Waals surface area contributed by atoms with Crippen LogP contribution in [0.15, 0.2) is 24.5 Å². The highest BCUT2D eigenvalue weighted by Gasteiger charge is 2.14. The van der Waals surface area contributed by atoms with Gasteiger partial charge < -0.3 is 15.3 Å². The zero-order chi connectivity index (χ0) is 17.9. The van der Waals surface area contributed by atoms with E-state index in [0.717, 1.165) is 0 Å². The molecule has 8 heteroatoms. The molecule has 0 saturated carbocycles. The first-order valence-electron chi connectivity index (χ1n) is 7.77. The molecule has 136 valence electrons. The van der Waals surface area contributed by atoms with E-state index in [-0.39, 0.29) is 11.8 Å². The lowest BCUT2D eigenvalue weighted by Gasteiger charge is -2.18. The first kappa shape index (κ1) is 22.1. The first-order chi connectivity index (χ1) is 10.7. The topological polar surface area (TPSA) is 119 Å². The molecular formula is C15H30N2O5S. The van der Waals surface area contributed by atoms with Crippen LogP contribution in [0.4, 0.5) is 0 Å². The molecule has 2 unspecified atom stereocenters. The minimum absolute atomic E-state index is 0.120. The van der Waals surface area contributed by atoms with Gasteiger partial charge >= 0.3 is 0 Å². The maximum absolute atomic E-state index is 11.5. The Hall–Kier alpha value is -0.930. The van der Waals surface area contributed by atoms with E-state index in [1.54, 1.807) is 19.9 Å². The molecule has 0 heterocycles. The summed E-state index contributed by atoms with van der Waals surface area (Å²) in [6, 6.07) is -0.224. The first-order valence-corrected chi connectivity index (χ1v) is 9.31. The fraction of sp³-hybridized carbons (Fsp3) is 0.733. The SMILES string of the molecule is C=CC(C/C=C(/O)CO)NC(O)CCCCNS(=O)(=O)C(C)C. The van der Waals surface area contributed by atoms with Gasteiger partial charge in [0, 0.05) is 12.6 Å². The second kappa shape index (κ2) is 11.6. The quantitative estimate of drug-likeness (QED) is 0.145. The molecule has 0 aromatic carbocycles. The number of rotatable bonds is 13. The molecule has 0 radical (unpaired) electrons. The van der Waals surface area contributed by atoms with Crippen LogP contribution in [-0.2, 0) is 10.0 Å². The second-order valence-electron chi connectivity index (χ2n) is 5.60. The summed E-state index contributed by atoms with van der Waals surface area (Å²) >= 11 is 0. The Labute approximate surface area is 139 Å². The van der Waals surface area contributed by atoms with Gasteiger partial charge in [-0.15, -0.1) is 6.58 Å². The van der Waals surface area contributed by atoms with E-state index in [0.29, 0.717) is 32.2 Å². The molecule has 0 rings (SSSR count). The standard InChI is InChI=1S/C15H30N2O5S/c1-4-13(8-9-14(19)11-18)17-15(20)7-5-6-10-16-23(21,22)12(2)3/h4,9,12-13,15-20H,1,5-8,10-11H2,2-3H3/b14-9+. The van der Waals surface area contributed by atoms with Crippen molar-refractivity contribution in [2.24, 2.45) is 0 Å². The van der Waals surface area contributed by atoms with E-state index in [1.165, 1.54) is 6.08 Å². The molecule has 0 aliphatic carbocycles.